The molecule has 3 aromatic rings. The molecule has 0 saturated heterocycles. The molecule has 3 nitrogen and oxygen atoms in total. The van der Waals surface area contributed by atoms with Gasteiger partial charge in [-0.3, -0.25) is 4.79 Å². The molecule has 1 amide bonds. The van der Waals surface area contributed by atoms with E-state index in [1.54, 1.807) is 0 Å². The van der Waals surface area contributed by atoms with E-state index < -0.39 is 0 Å². The largest absolute Gasteiger partial charge is 0.378 e. The molecule has 124 valence electrons. The first-order valence-corrected chi connectivity index (χ1v) is 8.42. The summed E-state index contributed by atoms with van der Waals surface area (Å²) in [6.45, 7) is 0. The van der Waals surface area contributed by atoms with Gasteiger partial charge in [0.1, 0.15) is 0 Å². The Balaban J connectivity index is 1.57. The molecule has 3 aromatic carbocycles. The molecular weight excluding hydrogens is 308 g/mol. The van der Waals surface area contributed by atoms with Crippen molar-refractivity contribution in [1.29, 1.82) is 0 Å². The van der Waals surface area contributed by atoms with Gasteiger partial charge in [0, 0.05) is 31.0 Å². The molecule has 0 heterocycles. The van der Waals surface area contributed by atoms with Gasteiger partial charge >= 0.3 is 0 Å². The lowest BCUT2D eigenvalue weighted by molar-refractivity contribution is 0.102. The molecule has 0 fully saturated rings. The third-order valence-corrected chi connectivity index (χ3v) is 4.70. The summed E-state index contributed by atoms with van der Waals surface area (Å²) in [5.74, 6) is -0.0865. The van der Waals surface area contributed by atoms with Gasteiger partial charge in [-0.05, 0) is 65.1 Å². The van der Waals surface area contributed by atoms with Crippen LogP contribution in [0.25, 0.3) is 11.1 Å². The fraction of sp³-hybridized carbons (Fsp3) is 0.136. The minimum atomic E-state index is -0.0865. The highest BCUT2D eigenvalue weighted by molar-refractivity contribution is 6.04. The standard InChI is InChI=1S/C22H20N2O/c1-24(2)19-11-8-15(9-12-19)22(25)23-18-10-7-17-13-16-5-3-4-6-20(16)21(17)14-18/h3-12,14H,13H2,1-2H3,(H,23,25). The summed E-state index contributed by atoms with van der Waals surface area (Å²) < 4.78 is 0. The predicted octanol–water partition coefficient (Wildman–Crippen LogP) is 4.58. The quantitative estimate of drug-likeness (QED) is 0.597. The maximum Gasteiger partial charge on any atom is 0.255 e. The highest BCUT2D eigenvalue weighted by Gasteiger charge is 2.18. The summed E-state index contributed by atoms with van der Waals surface area (Å²) in [6.07, 6.45) is 0.964. The SMILES string of the molecule is CN(C)c1ccc(C(=O)Nc2ccc3c(c2)-c2ccccc2C3)cc1. The topological polar surface area (TPSA) is 32.3 Å². The van der Waals surface area contributed by atoms with Gasteiger partial charge in [-0.2, -0.15) is 0 Å². The average Bonchev–Trinajstić information content (AvgIpc) is 3.00. The molecule has 0 spiro atoms. The van der Waals surface area contributed by atoms with Crippen LogP contribution in [0.1, 0.15) is 21.5 Å². The van der Waals surface area contributed by atoms with Gasteiger partial charge in [0.05, 0.1) is 0 Å². The first kappa shape index (κ1) is 15.5. The molecule has 0 saturated carbocycles. The van der Waals surface area contributed by atoms with Crippen LogP contribution in [0.4, 0.5) is 11.4 Å². The van der Waals surface area contributed by atoms with E-state index in [0.29, 0.717) is 5.56 Å². The molecular formula is C22H20N2O. The summed E-state index contributed by atoms with van der Waals surface area (Å²) >= 11 is 0. The van der Waals surface area contributed by atoms with E-state index in [9.17, 15) is 4.79 Å². The van der Waals surface area contributed by atoms with E-state index >= 15 is 0 Å². The Labute approximate surface area is 147 Å². The maximum absolute atomic E-state index is 12.5. The van der Waals surface area contributed by atoms with Gasteiger partial charge in [0.25, 0.3) is 5.91 Å². The maximum atomic E-state index is 12.5. The molecule has 0 atom stereocenters. The van der Waals surface area contributed by atoms with Crippen LogP contribution in [-0.2, 0) is 6.42 Å². The van der Waals surface area contributed by atoms with Crippen molar-refractivity contribution in [2.24, 2.45) is 0 Å². The van der Waals surface area contributed by atoms with Gasteiger partial charge in [-0.15, -0.1) is 0 Å². The highest BCUT2D eigenvalue weighted by Crippen LogP contribution is 2.37. The molecule has 0 unspecified atom stereocenters. The second-order valence-electron chi connectivity index (χ2n) is 6.60. The monoisotopic (exact) mass is 328 g/mol. The van der Waals surface area contributed by atoms with Crippen molar-refractivity contribution >= 4 is 17.3 Å². The summed E-state index contributed by atoms with van der Waals surface area (Å²) in [6, 6.07) is 22.2. The number of nitrogens with one attached hydrogen (secondary N) is 1. The predicted molar refractivity (Wildman–Crippen MR) is 103 cm³/mol. The van der Waals surface area contributed by atoms with E-state index in [2.05, 4.69) is 41.7 Å². The Kier molecular flexibility index (Phi) is 3.77. The number of carbonyl (C=O) groups is 1. The molecule has 1 aliphatic rings. The average molecular weight is 328 g/mol. The molecule has 25 heavy (non-hydrogen) atoms. The molecule has 0 aliphatic heterocycles. The van der Waals surface area contributed by atoms with E-state index in [1.165, 1.54) is 22.3 Å². The Morgan fingerprint density at radius 2 is 1.60 bits per heavy atom. The normalized spacial score (nSPS) is 11.6. The first-order valence-electron chi connectivity index (χ1n) is 8.42. The smallest absolute Gasteiger partial charge is 0.255 e. The lowest BCUT2D eigenvalue weighted by Crippen LogP contribution is -2.13. The number of nitrogens with zero attached hydrogens (tertiary/aromatic N) is 1. The van der Waals surface area contributed by atoms with E-state index in [-0.39, 0.29) is 5.91 Å². The molecule has 3 heteroatoms. The van der Waals surface area contributed by atoms with Gasteiger partial charge in [-0.25, -0.2) is 0 Å². The third kappa shape index (κ3) is 2.89. The van der Waals surface area contributed by atoms with Crippen molar-refractivity contribution in [2.45, 2.75) is 6.42 Å². The van der Waals surface area contributed by atoms with Crippen LogP contribution in [0, 0.1) is 0 Å². The van der Waals surface area contributed by atoms with Crippen molar-refractivity contribution in [3.05, 3.63) is 83.4 Å². The van der Waals surface area contributed by atoms with Crippen LogP contribution in [0.3, 0.4) is 0 Å². The Bertz CT molecular complexity index is 942. The number of hydrogen-bond acceptors (Lipinski definition) is 2. The molecule has 1 aliphatic carbocycles. The molecule has 4 rings (SSSR count). The zero-order valence-electron chi connectivity index (χ0n) is 14.4. The molecule has 0 radical (unpaired) electrons. The third-order valence-electron chi connectivity index (χ3n) is 4.70. The number of carbonyl (C=O) groups excluding carboxylic acids is 1. The second kappa shape index (κ2) is 6.10. The minimum absolute atomic E-state index is 0.0865. The second-order valence-corrected chi connectivity index (χ2v) is 6.60. The van der Waals surface area contributed by atoms with Crippen LogP contribution < -0.4 is 10.2 Å². The first-order chi connectivity index (χ1) is 12.1. The van der Waals surface area contributed by atoms with Crippen LogP contribution >= 0.6 is 0 Å². The van der Waals surface area contributed by atoms with Crippen LogP contribution in [-0.4, -0.2) is 20.0 Å². The zero-order chi connectivity index (χ0) is 17.4. The highest BCUT2D eigenvalue weighted by atomic mass is 16.1. The number of hydrogen-bond donors (Lipinski definition) is 1. The molecule has 1 N–H and O–H groups in total. The van der Waals surface area contributed by atoms with E-state index in [0.717, 1.165) is 17.8 Å². The number of amides is 1. The summed E-state index contributed by atoms with van der Waals surface area (Å²) in [4.78, 5) is 14.5. The fourth-order valence-electron chi connectivity index (χ4n) is 3.32. The van der Waals surface area contributed by atoms with E-state index in [1.807, 2.05) is 49.3 Å². The van der Waals surface area contributed by atoms with Crippen LogP contribution in [0.2, 0.25) is 0 Å². The Hall–Kier alpha value is -3.07. The Morgan fingerprint density at radius 1 is 0.880 bits per heavy atom. The number of rotatable bonds is 3. The molecule has 0 bridgehead atoms. The lowest BCUT2D eigenvalue weighted by atomic mass is 10.1. The summed E-state index contributed by atoms with van der Waals surface area (Å²) in [5, 5.41) is 3.01. The fourth-order valence-corrected chi connectivity index (χ4v) is 3.32. The summed E-state index contributed by atoms with van der Waals surface area (Å²) in [5.41, 5.74) is 7.71. The van der Waals surface area contributed by atoms with Crippen molar-refractivity contribution in [2.75, 3.05) is 24.3 Å². The number of anilines is 2. The van der Waals surface area contributed by atoms with Crippen LogP contribution in [0.15, 0.2) is 66.7 Å². The van der Waals surface area contributed by atoms with Crippen molar-refractivity contribution in [1.82, 2.24) is 0 Å². The lowest BCUT2D eigenvalue weighted by Gasteiger charge is -2.13. The number of fused-ring (bicyclic) bond motifs is 3. The Morgan fingerprint density at radius 3 is 2.36 bits per heavy atom. The summed E-state index contributed by atoms with van der Waals surface area (Å²) in [7, 11) is 3.97. The van der Waals surface area contributed by atoms with Crippen molar-refractivity contribution in [3.63, 3.8) is 0 Å². The van der Waals surface area contributed by atoms with Crippen molar-refractivity contribution < 1.29 is 4.79 Å². The minimum Gasteiger partial charge on any atom is -0.378 e. The van der Waals surface area contributed by atoms with Crippen LogP contribution in [0.5, 0.6) is 0 Å². The van der Waals surface area contributed by atoms with Gasteiger partial charge in [-0.1, -0.05) is 30.3 Å². The number of benzene rings is 3. The van der Waals surface area contributed by atoms with E-state index in [4.69, 9.17) is 0 Å². The van der Waals surface area contributed by atoms with Gasteiger partial charge in [0.15, 0.2) is 0 Å². The van der Waals surface area contributed by atoms with Gasteiger partial charge in [0.2, 0.25) is 0 Å². The zero-order valence-corrected chi connectivity index (χ0v) is 14.4. The van der Waals surface area contributed by atoms with Crippen molar-refractivity contribution in [3.8, 4) is 11.1 Å². The van der Waals surface area contributed by atoms with Gasteiger partial charge < -0.3 is 10.2 Å². The molecule has 0 aromatic heterocycles.